The number of alkyl halides is 1. The minimum atomic E-state index is -1.35. The number of ether oxygens (including phenoxy) is 3. The summed E-state index contributed by atoms with van der Waals surface area (Å²) in [6.45, 7) is 11.3. The molecule has 7 nitrogen and oxygen atoms in total. The lowest BCUT2D eigenvalue weighted by Crippen LogP contribution is -2.46. The average Bonchev–Trinajstić information content (AvgIpc) is 2.55. The number of hydrogen-bond acceptors (Lipinski definition) is 6. The molecule has 2 atom stereocenters. The monoisotopic (exact) mass is 410 g/mol. The summed E-state index contributed by atoms with van der Waals surface area (Å²) in [6, 6.07) is 0. The van der Waals surface area contributed by atoms with Crippen molar-refractivity contribution in [1.29, 1.82) is 0 Å². The van der Waals surface area contributed by atoms with Gasteiger partial charge in [0.05, 0.1) is 37.4 Å². The van der Waals surface area contributed by atoms with Crippen LogP contribution in [-0.2, 0) is 23.8 Å². The van der Waals surface area contributed by atoms with Crippen molar-refractivity contribution in [2.45, 2.75) is 58.8 Å². The highest BCUT2D eigenvalue weighted by atomic mass is 32.1. The molecule has 160 valence electrons. The van der Waals surface area contributed by atoms with Gasteiger partial charge >= 0.3 is 0 Å². The Hall–Kier alpha value is -0.900. The fourth-order valence-corrected chi connectivity index (χ4v) is 1.83. The minimum Gasteiger partial charge on any atom is -0.377 e. The van der Waals surface area contributed by atoms with E-state index in [4.69, 9.17) is 14.2 Å². The largest absolute Gasteiger partial charge is 0.377 e. The Morgan fingerprint density at radius 1 is 1.07 bits per heavy atom. The van der Waals surface area contributed by atoms with Crippen molar-refractivity contribution < 1.29 is 28.2 Å². The Kier molecular flexibility index (Phi) is 12.1. The molecular formula is C18H35FN2O5S. The molecule has 9 heteroatoms. The summed E-state index contributed by atoms with van der Waals surface area (Å²) in [5.74, 6) is -0.449. The maximum absolute atomic E-state index is 14.3. The Morgan fingerprint density at radius 3 is 2.26 bits per heavy atom. The topological polar surface area (TPSA) is 85.9 Å². The number of hydrogen-bond donors (Lipinski definition) is 3. The molecule has 0 fully saturated rings. The standard InChI is InChI=1S/C18H35FN2O5S/c1-13(27)25-12-15(22)20-7-8-24-9-10-26-18(5,6)14(19)11-21-16(23)17(2,3)4/h13-14,27H,7-12H2,1-6H3,(H,20,22)(H,21,23). The Bertz CT molecular complexity index is 456. The molecule has 0 aromatic rings. The van der Waals surface area contributed by atoms with Crippen LogP contribution in [0.4, 0.5) is 4.39 Å². The van der Waals surface area contributed by atoms with Crippen LogP contribution in [0.3, 0.4) is 0 Å². The first kappa shape index (κ1) is 26.1. The van der Waals surface area contributed by atoms with Crippen LogP contribution in [0.5, 0.6) is 0 Å². The van der Waals surface area contributed by atoms with Crippen LogP contribution < -0.4 is 10.6 Å². The van der Waals surface area contributed by atoms with Crippen molar-refractivity contribution in [3.63, 3.8) is 0 Å². The lowest BCUT2D eigenvalue weighted by Gasteiger charge is -2.30. The third-order valence-electron chi connectivity index (χ3n) is 3.60. The molecule has 0 saturated heterocycles. The number of rotatable bonds is 13. The van der Waals surface area contributed by atoms with Gasteiger partial charge in [0.25, 0.3) is 0 Å². The van der Waals surface area contributed by atoms with Gasteiger partial charge in [-0.05, 0) is 20.8 Å². The van der Waals surface area contributed by atoms with Gasteiger partial charge in [-0.3, -0.25) is 9.59 Å². The zero-order valence-corrected chi connectivity index (χ0v) is 18.2. The highest BCUT2D eigenvalue weighted by molar-refractivity contribution is 7.80. The fourth-order valence-electron chi connectivity index (χ4n) is 1.76. The zero-order chi connectivity index (χ0) is 21.1. The molecule has 0 aliphatic heterocycles. The van der Waals surface area contributed by atoms with Gasteiger partial charge in [-0.1, -0.05) is 20.8 Å². The van der Waals surface area contributed by atoms with E-state index >= 15 is 0 Å². The first-order valence-corrected chi connectivity index (χ1v) is 9.58. The van der Waals surface area contributed by atoms with Gasteiger partial charge < -0.3 is 24.8 Å². The van der Waals surface area contributed by atoms with Crippen molar-refractivity contribution >= 4 is 24.4 Å². The van der Waals surface area contributed by atoms with Crippen molar-refractivity contribution in [1.82, 2.24) is 10.6 Å². The third kappa shape index (κ3) is 13.0. The van der Waals surface area contributed by atoms with Gasteiger partial charge in [-0.15, -0.1) is 12.6 Å². The Labute approximate surface area is 167 Å². The van der Waals surface area contributed by atoms with Crippen LogP contribution >= 0.6 is 12.6 Å². The van der Waals surface area contributed by atoms with E-state index in [0.717, 1.165) is 0 Å². The molecule has 27 heavy (non-hydrogen) atoms. The molecular weight excluding hydrogens is 375 g/mol. The van der Waals surface area contributed by atoms with E-state index in [1.165, 1.54) is 0 Å². The van der Waals surface area contributed by atoms with Crippen LogP contribution in [0, 0.1) is 5.41 Å². The second kappa shape index (κ2) is 12.5. The summed E-state index contributed by atoms with van der Waals surface area (Å²) in [5, 5.41) is 5.23. The van der Waals surface area contributed by atoms with Gasteiger partial charge in [0.2, 0.25) is 11.8 Å². The molecule has 0 saturated carbocycles. The Balaban J connectivity index is 3.86. The summed E-state index contributed by atoms with van der Waals surface area (Å²) in [6.07, 6.45) is -1.35. The summed E-state index contributed by atoms with van der Waals surface area (Å²) in [7, 11) is 0. The van der Waals surface area contributed by atoms with Gasteiger partial charge in [-0.2, -0.15) is 0 Å². The molecule has 0 aromatic carbocycles. The predicted octanol–water partition coefficient (Wildman–Crippen LogP) is 1.71. The average molecular weight is 411 g/mol. The molecule has 0 spiro atoms. The van der Waals surface area contributed by atoms with Gasteiger partial charge in [0.15, 0.2) is 0 Å². The van der Waals surface area contributed by atoms with Gasteiger partial charge in [-0.25, -0.2) is 4.39 Å². The molecule has 0 aliphatic carbocycles. The summed E-state index contributed by atoms with van der Waals surface area (Å²) >= 11 is 4.01. The summed E-state index contributed by atoms with van der Waals surface area (Å²) in [4.78, 5) is 23.2. The quantitative estimate of drug-likeness (QED) is 0.244. The smallest absolute Gasteiger partial charge is 0.246 e. The summed E-state index contributed by atoms with van der Waals surface area (Å²) in [5.41, 5.74) is -1.91. The van der Waals surface area contributed by atoms with Crippen molar-refractivity contribution in [3.05, 3.63) is 0 Å². The van der Waals surface area contributed by atoms with E-state index < -0.39 is 17.2 Å². The normalized spacial score (nSPS) is 14.5. The van der Waals surface area contributed by atoms with E-state index in [1.807, 2.05) is 0 Å². The van der Waals surface area contributed by atoms with E-state index in [9.17, 15) is 14.0 Å². The number of halogens is 1. The third-order valence-corrected chi connectivity index (χ3v) is 3.75. The van der Waals surface area contributed by atoms with E-state index in [2.05, 4.69) is 23.3 Å². The number of amides is 2. The molecule has 0 aromatic heterocycles. The fraction of sp³-hybridized carbons (Fsp3) is 0.889. The van der Waals surface area contributed by atoms with Crippen molar-refractivity contribution in [3.8, 4) is 0 Å². The molecule has 2 N–H and O–H groups in total. The maximum Gasteiger partial charge on any atom is 0.246 e. The van der Waals surface area contributed by atoms with Crippen LogP contribution in [-0.4, -0.2) is 68.5 Å². The van der Waals surface area contributed by atoms with Crippen molar-refractivity contribution in [2.24, 2.45) is 5.41 Å². The van der Waals surface area contributed by atoms with Crippen molar-refractivity contribution in [2.75, 3.05) is 39.5 Å². The summed E-state index contributed by atoms with van der Waals surface area (Å²) < 4.78 is 30.2. The molecule has 0 aliphatic rings. The number of thiol groups is 1. The maximum atomic E-state index is 14.3. The number of carbonyl (C=O) groups is 2. The van der Waals surface area contributed by atoms with Gasteiger partial charge in [0.1, 0.15) is 12.8 Å². The zero-order valence-electron chi connectivity index (χ0n) is 17.3. The van der Waals surface area contributed by atoms with E-state index in [1.54, 1.807) is 41.5 Å². The number of carbonyl (C=O) groups excluding carboxylic acids is 2. The van der Waals surface area contributed by atoms with E-state index in [-0.39, 0.29) is 43.6 Å². The molecule has 0 bridgehead atoms. The highest BCUT2D eigenvalue weighted by Gasteiger charge is 2.32. The number of nitrogens with one attached hydrogen (secondary N) is 2. The van der Waals surface area contributed by atoms with E-state index in [0.29, 0.717) is 13.2 Å². The second-order valence-electron chi connectivity index (χ2n) is 7.75. The first-order valence-electron chi connectivity index (χ1n) is 9.06. The predicted molar refractivity (Wildman–Crippen MR) is 106 cm³/mol. The molecule has 2 amide bonds. The first-order chi connectivity index (χ1) is 12.4. The highest BCUT2D eigenvalue weighted by Crippen LogP contribution is 2.19. The van der Waals surface area contributed by atoms with Crippen LogP contribution in [0.2, 0.25) is 0 Å². The molecule has 0 radical (unpaired) electrons. The van der Waals surface area contributed by atoms with Gasteiger partial charge in [0, 0.05) is 12.0 Å². The Morgan fingerprint density at radius 2 is 1.70 bits per heavy atom. The molecule has 0 heterocycles. The lowest BCUT2D eigenvalue weighted by molar-refractivity contribution is -0.130. The van der Waals surface area contributed by atoms with Crippen LogP contribution in [0.15, 0.2) is 0 Å². The minimum absolute atomic E-state index is 0.0500. The van der Waals surface area contributed by atoms with Crippen LogP contribution in [0.25, 0.3) is 0 Å². The lowest BCUT2D eigenvalue weighted by atomic mass is 9.95. The van der Waals surface area contributed by atoms with Crippen LogP contribution in [0.1, 0.15) is 41.5 Å². The molecule has 0 rings (SSSR count). The SMILES string of the molecule is CC(S)OCC(=O)NCCOCCOC(C)(C)C(F)CNC(=O)C(C)(C)C. The molecule has 2 unspecified atom stereocenters. The second-order valence-corrected chi connectivity index (χ2v) is 8.48.